The second kappa shape index (κ2) is 7.81. The molecule has 116 valence electrons. The maximum Gasteiger partial charge on any atom is 0.310 e. The summed E-state index contributed by atoms with van der Waals surface area (Å²) in [4.78, 5) is 22.4. The standard InChI is InChI=1S/C15H23N3O3/c1-3-8-21-14-9-13(16-11-17-14)18-7-5-6-12(10-18)15(19)20-4-2/h9,11-12H,3-8,10H2,1-2H3. The molecule has 0 bridgehead atoms. The molecule has 2 rings (SSSR count). The molecule has 1 atom stereocenters. The summed E-state index contributed by atoms with van der Waals surface area (Å²) in [6, 6.07) is 1.84. The molecule has 1 saturated heterocycles. The topological polar surface area (TPSA) is 64.5 Å². The number of anilines is 1. The van der Waals surface area contributed by atoms with Crippen molar-refractivity contribution in [3.05, 3.63) is 12.4 Å². The summed E-state index contributed by atoms with van der Waals surface area (Å²) in [5.41, 5.74) is 0. The van der Waals surface area contributed by atoms with Gasteiger partial charge >= 0.3 is 5.97 Å². The van der Waals surface area contributed by atoms with Crippen molar-refractivity contribution in [2.75, 3.05) is 31.2 Å². The number of hydrogen-bond donors (Lipinski definition) is 0. The number of hydrogen-bond acceptors (Lipinski definition) is 6. The fraction of sp³-hybridized carbons (Fsp3) is 0.667. The van der Waals surface area contributed by atoms with Gasteiger partial charge in [0.25, 0.3) is 0 Å². The van der Waals surface area contributed by atoms with E-state index in [9.17, 15) is 4.79 Å². The Morgan fingerprint density at radius 3 is 3.05 bits per heavy atom. The van der Waals surface area contributed by atoms with E-state index in [-0.39, 0.29) is 11.9 Å². The molecular formula is C15H23N3O3. The molecule has 1 aromatic heterocycles. The van der Waals surface area contributed by atoms with E-state index in [1.54, 1.807) is 0 Å². The quantitative estimate of drug-likeness (QED) is 0.748. The van der Waals surface area contributed by atoms with Gasteiger partial charge in [0.15, 0.2) is 0 Å². The molecule has 1 aliphatic heterocycles. The minimum atomic E-state index is -0.112. The number of carbonyl (C=O) groups is 1. The highest BCUT2D eigenvalue weighted by Crippen LogP contribution is 2.24. The van der Waals surface area contributed by atoms with Crippen LogP contribution in [0.4, 0.5) is 5.82 Å². The second-order valence-electron chi connectivity index (χ2n) is 5.10. The lowest BCUT2D eigenvalue weighted by Gasteiger charge is -2.32. The van der Waals surface area contributed by atoms with Gasteiger partial charge in [0.05, 0.1) is 19.1 Å². The van der Waals surface area contributed by atoms with Gasteiger partial charge in [-0.25, -0.2) is 9.97 Å². The summed E-state index contributed by atoms with van der Waals surface area (Å²) in [7, 11) is 0. The molecule has 0 amide bonds. The van der Waals surface area contributed by atoms with E-state index < -0.39 is 0 Å². The van der Waals surface area contributed by atoms with Crippen LogP contribution < -0.4 is 9.64 Å². The highest BCUT2D eigenvalue weighted by atomic mass is 16.5. The van der Waals surface area contributed by atoms with Crippen molar-refractivity contribution in [1.82, 2.24) is 9.97 Å². The number of nitrogens with zero attached hydrogens (tertiary/aromatic N) is 3. The van der Waals surface area contributed by atoms with Crippen molar-refractivity contribution in [3.63, 3.8) is 0 Å². The van der Waals surface area contributed by atoms with Gasteiger partial charge in [-0.2, -0.15) is 0 Å². The van der Waals surface area contributed by atoms with Gasteiger partial charge in [-0.1, -0.05) is 6.92 Å². The Labute approximate surface area is 125 Å². The van der Waals surface area contributed by atoms with Crippen LogP contribution in [0.5, 0.6) is 5.88 Å². The van der Waals surface area contributed by atoms with Crippen LogP contribution in [0.1, 0.15) is 33.1 Å². The fourth-order valence-electron chi connectivity index (χ4n) is 2.43. The van der Waals surface area contributed by atoms with Gasteiger partial charge in [0, 0.05) is 19.2 Å². The zero-order valence-corrected chi connectivity index (χ0v) is 12.7. The SMILES string of the molecule is CCCOc1cc(N2CCCC(C(=O)OCC)C2)ncn1. The van der Waals surface area contributed by atoms with E-state index in [1.165, 1.54) is 6.33 Å². The van der Waals surface area contributed by atoms with Crippen molar-refractivity contribution in [1.29, 1.82) is 0 Å². The fourth-order valence-corrected chi connectivity index (χ4v) is 2.43. The van der Waals surface area contributed by atoms with Crippen LogP contribution in [0.3, 0.4) is 0 Å². The van der Waals surface area contributed by atoms with Crippen molar-refractivity contribution >= 4 is 11.8 Å². The van der Waals surface area contributed by atoms with Crippen LogP contribution in [0.15, 0.2) is 12.4 Å². The number of esters is 1. The minimum absolute atomic E-state index is 0.0753. The summed E-state index contributed by atoms with van der Waals surface area (Å²) >= 11 is 0. The highest BCUT2D eigenvalue weighted by molar-refractivity contribution is 5.73. The second-order valence-corrected chi connectivity index (χ2v) is 5.10. The summed E-state index contributed by atoms with van der Waals surface area (Å²) in [5, 5.41) is 0. The third kappa shape index (κ3) is 4.31. The molecule has 6 heteroatoms. The predicted molar refractivity (Wildman–Crippen MR) is 79.4 cm³/mol. The Hall–Kier alpha value is -1.85. The number of piperidine rings is 1. The largest absolute Gasteiger partial charge is 0.478 e. The van der Waals surface area contributed by atoms with Crippen LogP contribution >= 0.6 is 0 Å². The normalized spacial score (nSPS) is 18.4. The molecule has 2 heterocycles. The Bertz CT molecular complexity index is 467. The van der Waals surface area contributed by atoms with E-state index in [0.717, 1.165) is 31.6 Å². The molecule has 0 saturated carbocycles. The highest BCUT2D eigenvalue weighted by Gasteiger charge is 2.27. The summed E-state index contributed by atoms with van der Waals surface area (Å²) < 4.78 is 10.6. The molecule has 21 heavy (non-hydrogen) atoms. The van der Waals surface area contributed by atoms with E-state index in [4.69, 9.17) is 9.47 Å². The first-order valence-electron chi connectivity index (χ1n) is 7.61. The molecule has 0 radical (unpaired) electrons. The molecule has 1 aromatic rings. The minimum Gasteiger partial charge on any atom is -0.478 e. The Balaban J connectivity index is 2.01. The van der Waals surface area contributed by atoms with Gasteiger partial charge in [-0.15, -0.1) is 0 Å². The summed E-state index contributed by atoms with van der Waals surface area (Å²) in [6.45, 7) is 6.49. The number of aromatic nitrogens is 2. The lowest BCUT2D eigenvalue weighted by atomic mass is 9.98. The van der Waals surface area contributed by atoms with Gasteiger partial charge < -0.3 is 14.4 Å². The van der Waals surface area contributed by atoms with E-state index in [2.05, 4.69) is 21.8 Å². The molecule has 0 aliphatic carbocycles. The van der Waals surface area contributed by atoms with Crippen LogP contribution in [-0.2, 0) is 9.53 Å². The molecule has 1 aliphatic rings. The number of ether oxygens (including phenoxy) is 2. The van der Waals surface area contributed by atoms with Crippen LogP contribution in [-0.4, -0.2) is 42.2 Å². The number of rotatable bonds is 6. The van der Waals surface area contributed by atoms with Gasteiger partial charge in [0.2, 0.25) is 5.88 Å². The van der Waals surface area contributed by atoms with Crippen LogP contribution in [0.25, 0.3) is 0 Å². The molecule has 6 nitrogen and oxygen atoms in total. The molecule has 0 spiro atoms. The van der Waals surface area contributed by atoms with Crippen LogP contribution in [0.2, 0.25) is 0 Å². The maximum absolute atomic E-state index is 11.9. The first-order valence-corrected chi connectivity index (χ1v) is 7.61. The first-order chi connectivity index (χ1) is 10.2. The number of carbonyl (C=O) groups excluding carboxylic acids is 1. The summed E-state index contributed by atoms with van der Waals surface area (Å²) in [6.07, 6.45) is 4.28. The van der Waals surface area contributed by atoms with Crippen molar-refractivity contribution in [2.45, 2.75) is 33.1 Å². The molecule has 1 unspecified atom stereocenters. The lowest BCUT2D eigenvalue weighted by molar-refractivity contribution is -0.148. The molecule has 0 N–H and O–H groups in total. The average Bonchev–Trinajstić information content (AvgIpc) is 2.53. The first kappa shape index (κ1) is 15.5. The smallest absolute Gasteiger partial charge is 0.310 e. The zero-order chi connectivity index (χ0) is 15.1. The lowest BCUT2D eigenvalue weighted by Crippen LogP contribution is -2.39. The molecular weight excluding hydrogens is 270 g/mol. The van der Waals surface area contributed by atoms with E-state index in [1.807, 2.05) is 13.0 Å². The zero-order valence-electron chi connectivity index (χ0n) is 12.7. The monoisotopic (exact) mass is 293 g/mol. The summed E-state index contributed by atoms with van der Waals surface area (Å²) in [5.74, 6) is 1.21. The van der Waals surface area contributed by atoms with Crippen molar-refractivity contribution in [3.8, 4) is 5.88 Å². The van der Waals surface area contributed by atoms with E-state index in [0.29, 0.717) is 25.6 Å². The third-order valence-corrected chi connectivity index (χ3v) is 3.45. The van der Waals surface area contributed by atoms with Gasteiger partial charge in [-0.3, -0.25) is 4.79 Å². The predicted octanol–water partition coefficient (Wildman–Crippen LogP) is 2.04. The van der Waals surface area contributed by atoms with Gasteiger partial charge in [-0.05, 0) is 26.2 Å². The molecule has 0 aromatic carbocycles. The Morgan fingerprint density at radius 2 is 2.29 bits per heavy atom. The molecule has 1 fully saturated rings. The van der Waals surface area contributed by atoms with Gasteiger partial charge in [0.1, 0.15) is 12.1 Å². The maximum atomic E-state index is 11.9. The van der Waals surface area contributed by atoms with Crippen molar-refractivity contribution < 1.29 is 14.3 Å². The van der Waals surface area contributed by atoms with Crippen LogP contribution in [0, 0.1) is 5.92 Å². The average molecular weight is 293 g/mol. The third-order valence-electron chi connectivity index (χ3n) is 3.45. The van der Waals surface area contributed by atoms with E-state index >= 15 is 0 Å². The van der Waals surface area contributed by atoms with Crippen molar-refractivity contribution in [2.24, 2.45) is 5.92 Å². The Kier molecular flexibility index (Phi) is 5.78. The Morgan fingerprint density at radius 1 is 1.43 bits per heavy atom.